The minimum Gasteiger partial charge on any atom is -0.461 e. The van der Waals surface area contributed by atoms with Crippen LogP contribution in [-0.4, -0.2) is 31.4 Å². The Balaban J connectivity index is 1.23. The van der Waals surface area contributed by atoms with Gasteiger partial charge in [-0.2, -0.15) is 0 Å². The summed E-state index contributed by atoms with van der Waals surface area (Å²) in [4.78, 5) is 24.3. The van der Waals surface area contributed by atoms with E-state index in [9.17, 15) is 9.59 Å². The molecule has 5 aliphatic rings. The van der Waals surface area contributed by atoms with Crippen LogP contribution >= 0.6 is 0 Å². The third kappa shape index (κ3) is 4.94. The van der Waals surface area contributed by atoms with Gasteiger partial charge in [-0.25, -0.2) is 4.79 Å². The summed E-state index contributed by atoms with van der Waals surface area (Å²) in [7, 11) is 0. The van der Waals surface area contributed by atoms with Gasteiger partial charge < -0.3 is 14.2 Å². The van der Waals surface area contributed by atoms with Gasteiger partial charge in [0.2, 0.25) is 0 Å². The fraction of sp³-hybridized carbons (Fsp3) is 0.879. The van der Waals surface area contributed by atoms with Crippen LogP contribution in [0, 0.1) is 51.8 Å². The average Bonchev–Trinajstić information content (AvgIpc) is 3.23. The predicted molar refractivity (Wildman–Crippen MR) is 148 cm³/mol. The average molecular weight is 529 g/mol. The second kappa shape index (κ2) is 10.5. The zero-order valence-corrected chi connectivity index (χ0v) is 24.9. The first-order chi connectivity index (χ1) is 18.0. The molecule has 4 aliphatic carbocycles. The van der Waals surface area contributed by atoms with E-state index in [4.69, 9.17) is 14.2 Å². The molecule has 0 aromatic heterocycles. The number of esters is 1. The maximum atomic E-state index is 13.0. The first-order valence-corrected chi connectivity index (χ1v) is 15.7. The number of carbonyl (C=O) groups is 2. The Hall–Kier alpha value is -1.52. The highest BCUT2D eigenvalue weighted by molar-refractivity contribution is 5.78. The van der Waals surface area contributed by atoms with E-state index in [2.05, 4.69) is 40.7 Å². The van der Waals surface area contributed by atoms with Crippen molar-refractivity contribution >= 4 is 12.1 Å². The van der Waals surface area contributed by atoms with E-state index in [0.29, 0.717) is 5.41 Å². The number of fused-ring (bicyclic) bond motifs is 5. The van der Waals surface area contributed by atoms with Gasteiger partial charge in [-0.1, -0.05) is 65.5 Å². The molecule has 0 aromatic carbocycles. The first kappa shape index (κ1) is 28.0. The van der Waals surface area contributed by atoms with Crippen LogP contribution in [0.15, 0.2) is 11.6 Å². The topological polar surface area (TPSA) is 61.8 Å². The molecule has 0 aromatic rings. The number of cyclic esters (lactones) is 2. The van der Waals surface area contributed by atoms with Gasteiger partial charge in [-0.15, -0.1) is 0 Å². The fourth-order valence-corrected chi connectivity index (χ4v) is 9.68. The molecule has 214 valence electrons. The number of hydrogen-bond acceptors (Lipinski definition) is 5. The molecule has 3 unspecified atom stereocenters. The summed E-state index contributed by atoms with van der Waals surface area (Å²) in [6.45, 7) is 14.3. The summed E-state index contributed by atoms with van der Waals surface area (Å²) in [5.41, 5.74) is 1.36. The van der Waals surface area contributed by atoms with Crippen molar-refractivity contribution in [2.45, 2.75) is 118 Å². The van der Waals surface area contributed by atoms with E-state index in [1.54, 1.807) is 6.92 Å². The second-order valence-corrected chi connectivity index (χ2v) is 14.9. The minimum atomic E-state index is -0.917. The number of carbonyl (C=O) groups excluding carboxylic acids is 2. The number of ether oxygens (including phenoxy) is 3. The third-order valence-electron chi connectivity index (χ3n) is 12.0. The van der Waals surface area contributed by atoms with E-state index in [1.807, 2.05) is 0 Å². The molecule has 0 bridgehead atoms. The predicted octanol–water partition coefficient (Wildman–Crippen LogP) is 8.11. The number of rotatable bonds is 7. The van der Waals surface area contributed by atoms with Crippen molar-refractivity contribution in [2.24, 2.45) is 51.8 Å². The van der Waals surface area contributed by atoms with Crippen LogP contribution < -0.4 is 0 Å². The second-order valence-electron chi connectivity index (χ2n) is 14.9. The molecule has 3 saturated carbocycles. The fourth-order valence-electron chi connectivity index (χ4n) is 9.68. The van der Waals surface area contributed by atoms with Crippen molar-refractivity contribution in [1.82, 2.24) is 0 Å². The molecule has 38 heavy (non-hydrogen) atoms. The zero-order chi connectivity index (χ0) is 27.3. The lowest BCUT2D eigenvalue weighted by Gasteiger charge is -2.58. The SMILES string of the molecule is CC(C)CCC[C@@H](C)C1CCC2[C@@H]3CC=C4C[C@@H](OC(=O)C5(C)COC(=O)OC5)CC[C@]4(C)C3CC[C@@]21C. The summed E-state index contributed by atoms with van der Waals surface area (Å²) in [5.74, 6) is 4.67. The molecule has 5 nitrogen and oxygen atoms in total. The van der Waals surface area contributed by atoms with Gasteiger partial charge >= 0.3 is 12.1 Å². The highest BCUT2D eigenvalue weighted by Gasteiger charge is 2.59. The molecule has 1 aliphatic heterocycles. The van der Waals surface area contributed by atoms with E-state index in [1.165, 1.54) is 56.9 Å². The van der Waals surface area contributed by atoms with Crippen LogP contribution in [0.2, 0.25) is 0 Å². The van der Waals surface area contributed by atoms with Crippen molar-refractivity contribution in [2.75, 3.05) is 13.2 Å². The molecule has 0 N–H and O–H groups in total. The van der Waals surface area contributed by atoms with Gasteiger partial charge in [-0.05, 0) is 98.2 Å². The maximum Gasteiger partial charge on any atom is 0.508 e. The maximum absolute atomic E-state index is 13.0. The molecular weight excluding hydrogens is 476 g/mol. The van der Waals surface area contributed by atoms with E-state index < -0.39 is 11.6 Å². The Kier molecular flexibility index (Phi) is 7.72. The Morgan fingerprint density at radius 2 is 1.74 bits per heavy atom. The summed E-state index contributed by atoms with van der Waals surface area (Å²) in [6.07, 6.45) is 15.5. The number of allylic oxidation sites excluding steroid dienone is 1. The molecule has 1 saturated heterocycles. The van der Waals surface area contributed by atoms with Crippen molar-refractivity contribution in [3.05, 3.63) is 11.6 Å². The highest BCUT2D eigenvalue weighted by Crippen LogP contribution is 2.67. The number of hydrogen-bond donors (Lipinski definition) is 0. The third-order valence-corrected chi connectivity index (χ3v) is 12.0. The van der Waals surface area contributed by atoms with E-state index in [-0.39, 0.29) is 30.7 Å². The van der Waals surface area contributed by atoms with Crippen LogP contribution in [0.25, 0.3) is 0 Å². The molecule has 0 amide bonds. The summed E-state index contributed by atoms with van der Waals surface area (Å²) < 4.78 is 16.0. The molecule has 5 rings (SSSR count). The molecular formula is C33H52O5. The van der Waals surface area contributed by atoms with Crippen LogP contribution in [0.4, 0.5) is 4.79 Å². The molecule has 4 fully saturated rings. The molecule has 0 spiro atoms. The van der Waals surface area contributed by atoms with Crippen molar-refractivity contribution in [3.8, 4) is 0 Å². The largest absolute Gasteiger partial charge is 0.508 e. The normalized spacial score (nSPS) is 40.7. The van der Waals surface area contributed by atoms with Crippen LogP contribution in [-0.2, 0) is 19.0 Å². The van der Waals surface area contributed by atoms with E-state index in [0.717, 1.165) is 54.8 Å². The molecule has 1 heterocycles. The van der Waals surface area contributed by atoms with Gasteiger partial charge in [0.1, 0.15) is 24.7 Å². The van der Waals surface area contributed by atoms with Gasteiger partial charge in [0.05, 0.1) is 0 Å². The Labute approximate surface area is 230 Å². The Morgan fingerprint density at radius 1 is 1.00 bits per heavy atom. The highest BCUT2D eigenvalue weighted by atomic mass is 16.7. The van der Waals surface area contributed by atoms with Gasteiger partial charge in [0.25, 0.3) is 0 Å². The van der Waals surface area contributed by atoms with Crippen molar-refractivity contribution in [1.29, 1.82) is 0 Å². The Morgan fingerprint density at radius 3 is 2.45 bits per heavy atom. The lowest BCUT2D eigenvalue weighted by molar-refractivity contribution is -0.173. The standard InChI is InChI=1S/C33H52O5/c1-21(2)8-7-9-22(3)26-12-13-27-25-11-10-23-18-24(38-29(34)31(4)19-36-30(35)37-20-31)14-16-32(23,5)28(25)15-17-33(26,27)6/h10,21-22,24-28H,7-9,11-20H2,1-6H3/t22-,24+,25+,26?,27?,28?,32+,33-/m1/s1. The molecule has 5 heteroatoms. The first-order valence-electron chi connectivity index (χ1n) is 15.7. The van der Waals surface area contributed by atoms with Crippen molar-refractivity contribution in [3.63, 3.8) is 0 Å². The monoisotopic (exact) mass is 528 g/mol. The lowest BCUT2D eigenvalue weighted by atomic mass is 9.47. The van der Waals surface area contributed by atoms with Crippen molar-refractivity contribution < 1.29 is 23.8 Å². The summed E-state index contributed by atoms with van der Waals surface area (Å²) >= 11 is 0. The van der Waals surface area contributed by atoms with Gasteiger partial charge in [0, 0.05) is 6.42 Å². The zero-order valence-electron chi connectivity index (χ0n) is 24.9. The summed E-state index contributed by atoms with van der Waals surface area (Å²) in [5, 5.41) is 0. The van der Waals surface area contributed by atoms with Crippen LogP contribution in [0.3, 0.4) is 0 Å². The van der Waals surface area contributed by atoms with Gasteiger partial charge in [0.15, 0.2) is 0 Å². The minimum absolute atomic E-state index is 0.0268. The quantitative estimate of drug-likeness (QED) is 0.247. The van der Waals surface area contributed by atoms with Crippen LogP contribution in [0.1, 0.15) is 112 Å². The Bertz CT molecular complexity index is 928. The van der Waals surface area contributed by atoms with E-state index >= 15 is 0 Å². The van der Waals surface area contributed by atoms with Gasteiger partial charge in [-0.3, -0.25) is 4.79 Å². The summed E-state index contributed by atoms with van der Waals surface area (Å²) in [6, 6.07) is 0. The smallest absolute Gasteiger partial charge is 0.461 e. The van der Waals surface area contributed by atoms with Crippen LogP contribution in [0.5, 0.6) is 0 Å². The molecule has 8 atom stereocenters. The molecule has 0 radical (unpaired) electrons. The lowest BCUT2D eigenvalue weighted by Crippen LogP contribution is -2.51.